The van der Waals surface area contributed by atoms with Crippen LogP contribution in [0.5, 0.6) is 0 Å². The maximum atomic E-state index is 8.52. The van der Waals surface area contributed by atoms with E-state index in [9.17, 15) is 0 Å². The Bertz CT molecular complexity index is 184. The Morgan fingerprint density at radius 3 is 1.86 bits per heavy atom. The number of hydrogen-bond donors (Lipinski definition) is 0. The van der Waals surface area contributed by atoms with Gasteiger partial charge < -0.3 is 9.11 Å². The van der Waals surface area contributed by atoms with E-state index < -0.39 is 10.4 Å². The van der Waals surface area contributed by atoms with Crippen molar-refractivity contribution in [2.24, 2.45) is 0 Å². The van der Waals surface area contributed by atoms with Gasteiger partial charge in [0.15, 0.2) is 0 Å². The van der Waals surface area contributed by atoms with E-state index in [0.29, 0.717) is 13.2 Å². The molecule has 0 radical (unpaired) electrons. The van der Waals surface area contributed by atoms with E-state index >= 15 is 0 Å². The minimum atomic E-state index is -5.17. The predicted octanol–water partition coefficient (Wildman–Crippen LogP) is -6.19. The van der Waals surface area contributed by atoms with Crippen LogP contribution < -0.4 is 59.1 Å². The summed E-state index contributed by atoms with van der Waals surface area (Å²) in [4.78, 5) is 9.02. The van der Waals surface area contributed by atoms with E-state index in [1.165, 1.54) is 0 Å². The van der Waals surface area contributed by atoms with Gasteiger partial charge in [0.1, 0.15) is 6.61 Å². The molecule has 0 unspecified atom stereocenters. The first-order chi connectivity index (χ1) is 5.41. The molecule has 0 aliphatic heterocycles. The van der Waals surface area contributed by atoms with Gasteiger partial charge in [0, 0.05) is 10.4 Å². The maximum Gasteiger partial charge on any atom is 1.00 e. The van der Waals surface area contributed by atoms with Crippen LogP contribution in [0.1, 0.15) is 6.92 Å². The molecule has 0 heterocycles. The smallest absolute Gasteiger partial charge is 0.759 e. The van der Waals surface area contributed by atoms with Crippen LogP contribution in [-0.4, -0.2) is 30.7 Å². The normalized spacial score (nSPS) is 8.50. The summed E-state index contributed by atoms with van der Waals surface area (Å²) in [5, 5.41) is 0. The van der Waals surface area contributed by atoms with Gasteiger partial charge in [-0.3, -0.25) is 8.42 Å². The second-order valence-electron chi connectivity index (χ2n) is 1.39. The van der Waals surface area contributed by atoms with Gasteiger partial charge in [-0.25, -0.2) is 9.78 Å². The third-order valence-electron chi connectivity index (χ3n) is 0.387. The largest absolute Gasteiger partial charge is 1.00 e. The van der Waals surface area contributed by atoms with Gasteiger partial charge in [0.05, 0.1) is 6.61 Å². The van der Waals surface area contributed by atoms with Gasteiger partial charge in [0.2, 0.25) is 0 Å². The van der Waals surface area contributed by atoms with E-state index in [-0.39, 0.29) is 59.1 Å². The van der Waals surface area contributed by atoms with Crippen molar-refractivity contribution in [1.82, 2.24) is 0 Å². The molecular weight excluding hydrogens is 234 g/mol. The monoisotopic (exact) mass is 244 g/mol. The second kappa shape index (κ2) is 16.9. The van der Waals surface area contributed by atoms with Crippen molar-refractivity contribution in [3.05, 3.63) is 12.7 Å². The maximum absolute atomic E-state index is 8.52. The van der Waals surface area contributed by atoms with Crippen LogP contribution in [0, 0.1) is 0 Å². The minimum absolute atomic E-state index is 0. The van der Waals surface area contributed by atoms with Gasteiger partial charge in [0.25, 0.3) is 0 Å². The van der Waals surface area contributed by atoms with Gasteiger partial charge in [-0.05, 0) is 6.92 Å². The molecule has 0 bridgehead atoms. The fourth-order valence-corrected chi connectivity index (χ4v) is 0.180. The van der Waals surface area contributed by atoms with Crippen LogP contribution in [-0.2, 0) is 20.2 Å². The van der Waals surface area contributed by atoms with Gasteiger partial charge >= 0.3 is 59.1 Å². The van der Waals surface area contributed by atoms with E-state index in [1.54, 1.807) is 6.08 Å². The fraction of sp³-hybridized carbons (Fsp3) is 0.600. The quantitative estimate of drug-likeness (QED) is 0.0928. The summed E-state index contributed by atoms with van der Waals surface area (Å²) in [6, 6.07) is 0. The Morgan fingerprint density at radius 2 is 1.64 bits per heavy atom. The van der Waals surface area contributed by atoms with Crippen molar-refractivity contribution < 1.29 is 86.4 Å². The molecule has 9 heteroatoms. The molecule has 0 saturated carbocycles. The molecule has 0 aliphatic rings. The molecule has 0 rings (SSSR count). The average molecular weight is 244 g/mol. The molecule has 0 N–H and O–H groups in total. The fourth-order valence-electron chi connectivity index (χ4n) is 0.180. The number of rotatable bonds is 4. The Kier molecular flexibility index (Phi) is 29.8. The SMILES string of the molecule is C=CCOOCC.O=S(=O)([O-])[O-].[Na+].[Na+]. The van der Waals surface area contributed by atoms with Crippen molar-refractivity contribution in [3.8, 4) is 0 Å². The van der Waals surface area contributed by atoms with Gasteiger partial charge in [-0.15, -0.1) is 6.58 Å². The van der Waals surface area contributed by atoms with E-state index in [0.717, 1.165) is 0 Å². The van der Waals surface area contributed by atoms with E-state index in [4.69, 9.17) is 17.5 Å². The Morgan fingerprint density at radius 1 is 1.29 bits per heavy atom. The summed E-state index contributed by atoms with van der Waals surface area (Å²) in [6.07, 6.45) is 1.63. The third kappa shape index (κ3) is 69.5. The van der Waals surface area contributed by atoms with Crippen LogP contribution in [0.15, 0.2) is 12.7 Å². The Labute approximate surface area is 128 Å². The van der Waals surface area contributed by atoms with Crippen molar-refractivity contribution in [3.63, 3.8) is 0 Å². The summed E-state index contributed by atoms with van der Waals surface area (Å²) in [5.74, 6) is 0. The predicted molar refractivity (Wildman–Crippen MR) is 38.2 cm³/mol. The first-order valence-electron chi connectivity index (χ1n) is 2.93. The van der Waals surface area contributed by atoms with Crippen LogP contribution in [0.25, 0.3) is 0 Å². The van der Waals surface area contributed by atoms with Crippen LogP contribution in [0.3, 0.4) is 0 Å². The van der Waals surface area contributed by atoms with E-state index in [1.807, 2.05) is 6.92 Å². The van der Waals surface area contributed by atoms with E-state index in [2.05, 4.69) is 16.4 Å². The number of hydrogen-bond acceptors (Lipinski definition) is 6. The zero-order valence-corrected chi connectivity index (χ0v) is 13.4. The van der Waals surface area contributed by atoms with Crippen molar-refractivity contribution in [2.45, 2.75) is 6.92 Å². The molecule has 0 aliphatic carbocycles. The molecule has 0 aromatic rings. The van der Waals surface area contributed by atoms with Crippen LogP contribution >= 0.6 is 0 Å². The topological polar surface area (TPSA) is 98.7 Å². The molecule has 14 heavy (non-hydrogen) atoms. The molecule has 0 spiro atoms. The standard InChI is InChI=1S/C5H10O2.2Na.H2O4S/c1-3-5-7-6-4-2;;;1-5(2,3)4/h3H,1,4-5H2,2H3;;;(H2,1,2,3,4)/q;2*+1;/p-2. The van der Waals surface area contributed by atoms with Gasteiger partial charge in [-0.2, -0.15) is 0 Å². The molecule has 0 fully saturated rings. The molecule has 0 atom stereocenters. The molecule has 0 aromatic heterocycles. The molecule has 74 valence electrons. The molecule has 0 saturated heterocycles. The minimum Gasteiger partial charge on any atom is -0.759 e. The van der Waals surface area contributed by atoms with Crippen molar-refractivity contribution in [1.29, 1.82) is 0 Å². The second-order valence-corrected chi connectivity index (χ2v) is 2.20. The van der Waals surface area contributed by atoms with Crippen LogP contribution in [0.2, 0.25) is 0 Å². The van der Waals surface area contributed by atoms with Crippen LogP contribution in [0.4, 0.5) is 0 Å². The zero-order chi connectivity index (χ0) is 10.0. The first kappa shape index (κ1) is 24.7. The molecule has 6 nitrogen and oxygen atoms in total. The summed E-state index contributed by atoms with van der Waals surface area (Å²) in [6.45, 7) is 6.35. The summed E-state index contributed by atoms with van der Waals surface area (Å²) < 4.78 is 34.1. The van der Waals surface area contributed by atoms with Crippen molar-refractivity contribution in [2.75, 3.05) is 13.2 Å². The van der Waals surface area contributed by atoms with Crippen molar-refractivity contribution >= 4 is 10.4 Å². The Balaban J connectivity index is -0.0000000651. The first-order valence-corrected chi connectivity index (χ1v) is 4.27. The Hall–Kier alpha value is 1.53. The molecule has 0 amide bonds. The molecular formula is C5H10Na2O6S. The molecule has 0 aromatic carbocycles. The third-order valence-corrected chi connectivity index (χ3v) is 0.387. The summed E-state index contributed by atoms with van der Waals surface area (Å²) in [7, 11) is -5.17. The van der Waals surface area contributed by atoms with Gasteiger partial charge in [-0.1, -0.05) is 6.08 Å². The summed E-state index contributed by atoms with van der Waals surface area (Å²) >= 11 is 0. The summed E-state index contributed by atoms with van der Waals surface area (Å²) in [5.41, 5.74) is 0. The average Bonchev–Trinajstić information content (AvgIpc) is 1.85. The zero-order valence-electron chi connectivity index (χ0n) is 8.56.